The summed E-state index contributed by atoms with van der Waals surface area (Å²) in [4.78, 5) is 7.07. The lowest BCUT2D eigenvalue weighted by Crippen LogP contribution is -2.28. The molecule has 1 saturated carbocycles. The average molecular weight is 326 g/mol. The Kier molecular flexibility index (Phi) is 5.64. The molecule has 19 heavy (non-hydrogen) atoms. The highest BCUT2D eigenvalue weighted by Crippen LogP contribution is 2.24. The molecule has 1 fully saturated rings. The van der Waals surface area contributed by atoms with Crippen LogP contribution >= 0.6 is 15.9 Å². The van der Waals surface area contributed by atoms with E-state index in [1.807, 2.05) is 6.20 Å². The lowest BCUT2D eigenvalue weighted by Gasteiger charge is -2.25. The van der Waals surface area contributed by atoms with E-state index in [0.717, 1.165) is 48.8 Å². The van der Waals surface area contributed by atoms with Crippen molar-refractivity contribution in [3.63, 3.8) is 0 Å². The Morgan fingerprint density at radius 3 is 2.58 bits per heavy atom. The summed E-state index contributed by atoms with van der Waals surface area (Å²) in [6.45, 7) is 7.54. The molecule has 0 spiro atoms. The summed E-state index contributed by atoms with van der Waals surface area (Å²) in [5, 5.41) is 3.59. The molecule has 4 heteroatoms. The van der Waals surface area contributed by atoms with E-state index in [9.17, 15) is 0 Å². The largest absolute Gasteiger partial charge is 0.356 e. The van der Waals surface area contributed by atoms with Gasteiger partial charge in [-0.25, -0.2) is 4.98 Å². The fourth-order valence-electron chi connectivity index (χ4n) is 2.29. The maximum absolute atomic E-state index is 4.65. The second kappa shape index (κ2) is 7.25. The molecule has 0 aliphatic heterocycles. The maximum Gasteiger partial charge on any atom is 0.133 e. The number of hydrogen-bond acceptors (Lipinski definition) is 3. The van der Waals surface area contributed by atoms with Gasteiger partial charge in [0.15, 0.2) is 0 Å². The monoisotopic (exact) mass is 325 g/mol. The molecule has 1 N–H and O–H groups in total. The quantitative estimate of drug-likeness (QED) is 0.789. The third kappa shape index (κ3) is 4.46. The smallest absolute Gasteiger partial charge is 0.133 e. The van der Waals surface area contributed by atoms with Gasteiger partial charge >= 0.3 is 0 Å². The third-order valence-corrected chi connectivity index (χ3v) is 3.79. The van der Waals surface area contributed by atoms with E-state index >= 15 is 0 Å². The predicted molar refractivity (Wildman–Crippen MR) is 84.6 cm³/mol. The van der Waals surface area contributed by atoms with Gasteiger partial charge in [-0.1, -0.05) is 13.8 Å². The molecule has 0 unspecified atom stereocenters. The molecule has 0 bridgehead atoms. The second-order valence-corrected chi connectivity index (χ2v) is 6.19. The minimum absolute atomic E-state index is 0.734. The summed E-state index contributed by atoms with van der Waals surface area (Å²) in [7, 11) is 0. The molecule has 2 rings (SSSR count). The van der Waals surface area contributed by atoms with Crippen LogP contribution in [-0.4, -0.2) is 24.1 Å². The SMILES string of the molecule is CCCN(CCC)c1ncc(Br)cc1CNC1CC1. The van der Waals surface area contributed by atoms with E-state index in [-0.39, 0.29) is 0 Å². The number of rotatable bonds is 8. The number of hydrogen-bond donors (Lipinski definition) is 1. The van der Waals surface area contributed by atoms with Crippen LogP contribution in [0.3, 0.4) is 0 Å². The number of halogens is 1. The van der Waals surface area contributed by atoms with Crippen LogP contribution in [0.25, 0.3) is 0 Å². The molecule has 106 valence electrons. The Morgan fingerprint density at radius 1 is 1.32 bits per heavy atom. The topological polar surface area (TPSA) is 28.2 Å². The van der Waals surface area contributed by atoms with Gasteiger partial charge in [0.05, 0.1) is 0 Å². The first-order valence-corrected chi connectivity index (χ1v) is 8.16. The second-order valence-electron chi connectivity index (χ2n) is 5.28. The van der Waals surface area contributed by atoms with Crippen molar-refractivity contribution in [3.05, 3.63) is 22.3 Å². The zero-order valence-corrected chi connectivity index (χ0v) is 13.5. The van der Waals surface area contributed by atoms with Crippen molar-refractivity contribution in [2.24, 2.45) is 0 Å². The van der Waals surface area contributed by atoms with E-state index in [2.05, 4.69) is 51.0 Å². The zero-order valence-electron chi connectivity index (χ0n) is 12.0. The summed E-state index contributed by atoms with van der Waals surface area (Å²) in [6.07, 6.45) is 6.88. The van der Waals surface area contributed by atoms with Gasteiger partial charge in [0.25, 0.3) is 0 Å². The first-order chi connectivity index (χ1) is 9.24. The van der Waals surface area contributed by atoms with Gasteiger partial charge in [0.2, 0.25) is 0 Å². The van der Waals surface area contributed by atoms with Gasteiger partial charge in [0, 0.05) is 41.9 Å². The lowest BCUT2D eigenvalue weighted by molar-refractivity contribution is 0.673. The highest BCUT2D eigenvalue weighted by molar-refractivity contribution is 9.10. The van der Waals surface area contributed by atoms with Crippen molar-refractivity contribution in [2.75, 3.05) is 18.0 Å². The molecule has 0 saturated heterocycles. The minimum Gasteiger partial charge on any atom is -0.356 e. The van der Waals surface area contributed by atoms with Crippen molar-refractivity contribution < 1.29 is 0 Å². The molecule has 0 amide bonds. The lowest BCUT2D eigenvalue weighted by atomic mass is 10.2. The van der Waals surface area contributed by atoms with Gasteiger partial charge in [-0.2, -0.15) is 0 Å². The molecule has 3 nitrogen and oxygen atoms in total. The zero-order chi connectivity index (χ0) is 13.7. The number of anilines is 1. The van der Waals surface area contributed by atoms with Crippen molar-refractivity contribution in [3.8, 4) is 0 Å². The van der Waals surface area contributed by atoms with Crippen LogP contribution in [0.1, 0.15) is 45.1 Å². The fraction of sp³-hybridized carbons (Fsp3) is 0.667. The molecule has 0 radical (unpaired) electrons. The summed E-state index contributed by atoms with van der Waals surface area (Å²) < 4.78 is 1.07. The van der Waals surface area contributed by atoms with Crippen LogP contribution in [0.4, 0.5) is 5.82 Å². The van der Waals surface area contributed by atoms with Crippen molar-refractivity contribution in [1.82, 2.24) is 10.3 Å². The van der Waals surface area contributed by atoms with Crippen molar-refractivity contribution in [2.45, 2.75) is 52.1 Å². The van der Waals surface area contributed by atoms with Crippen LogP contribution in [0.15, 0.2) is 16.7 Å². The summed E-state index contributed by atoms with van der Waals surface area (Å²) in [6, 6.07) is 2.94. The molecule has 1 aliphatic rings. The van der Waals surface area contributed by atoms with Crippen molar-refractivity contribution in [1.29, 1.82) is 0 Å². The van der Waals surface area contributed by atoms with Crippen LogP contribution in [-0.2, 0) is 6.54 Å². The summed E-state index contributed by atoms with van der Waals surface area (Å²) in [5.74, 6) is 1.15. The van der Waals surface area contributed by atoms with Crippen LogP contribution in [0.2, 0.25) is 0 Å². The molecule has 1 heterocycles. The van der Waals surface area contributed by atoms with Crippen LogP contribution in [0, 0.1) is 0 Å². The highest BCUT2D eigenvalue weighted by atomic mass is 79.9. The Morgan fingerprint density at radius 2 is 2.00 bits per heavy atom. The Hall–Kier alpha value is -0.610. The molecule has 1 aromatic rings. The first-order valence-electron chi connectivity index (χ1n) is 7.37. The van der Waals surface area contributed by atoms with Gasteiger partial charge < -0.3 is 10.2 Å². The van der Waals surface area contributed by atoms with Gasteiger partial charge in [0.1, 0.15) is 5.82 Å². The van der Waals surface area contributed by atoms with E-state index < -0.39 is 0 Å². The van der Waals surface area contributed by atoms with E-state index in [1.54, 1.807) is 0 Å². The van der Waals surface area contributed by atoms with E-state index in [4.69, 9.17) is 0 Å². The van der Waals surface area contributed by atoms with Crippen molar-refractivity contribution >= 4 is 21.7 Å². The van der Waals surface area contributed by atoms with Gasteiger partial charge in [-0.05, 0) is 47.7 Å². The Labute approximate surface area is 124 Å². The number of aromatic nitrogens is 1. The molecular formula is C15H24BrN3. The summed E-state index contributed by atoms with van der Waals surface area (Å²) in [5.41, 5.74) is 1.31. The standard InChI is InChI=1S/C15H24BrN3/c1-3-7-19(8-4-2)15-12(9-13(16)11-18-15)10-17-14-5-6-14/h9,11,14,17H,3-8,10H2,1-2H3. The van der Waals surface area contributed by atoms with E-state index in [0.29, 0.717) is 0 Å². The predicted octanol–water partition coefficient (Wildman–Crippen LogP) is 3.72. The third-order valence-electron chi connectivity index (χ3n) is 3.35. The first kappa shape index (κ1) is 14.8. The fourth-order valence-corrected chi connectivity index (χ4v) is 2.67. The Balaban J connectivity index is 2.14. The summed E-state index contributed by atoms with van der Waals surface area (Å²) >= 11 is 3.54. The normalized spacial score (nSPS) is 14.7. The number of nitrogens with one attached hydrogen (secondary N) is 1. The van der Waals surface area contributed by atoms with Crippen LogP contribution < -0.4 is 10.2 Å². The Bertz CT molecular complexity index is 398. The maximum atomic E-state index is 4.65. The molecule has 1 aromatic heterocycles. The average Bonchev–Trinajstić information content (AvgIpc) is 3.20. The minimum atomic E-state index is 0.734. The van der Waals surface area contributed by atoms with Gasteiger partial charge in [-0.3, -0.25) is 0 Å². The molecule has 0 atom stereocenters. The number of nitrogens with zero attached hydrogens (tertiary/aromatic N) is 2. The number of pyridine rings is 1. The van der Waals surface area contributed by atoms with Crippen LogP contribution in [0.5, 0.6) is 0 Å². The highest BCUT2D eigenvalue weighted by Gasteiger charge is 2.21. The van der Waals surface area contributed by atoms with Gasteiger partial charge in [-0.15, -0.1) is 0 Å². The molecular weight excluding hydrogens is 302 g/mol. The van der Waals surface area contributed by atoms with E-state index in [1.165, 1.54) is 18.4 Å². The molecule has 1 aliphatic carbocycles. The molecule has 0 aromatic carbocycles.